The summed E-state index contributed by atoms with van der Waals surface area (Å²) < 4.78 is 6.75. The Hall–Kier alpha value is -1.69. The van der Waals surface area contributed by atoms with E-state index in [-0.39, 0.29) is 12.0 Å². The van der Waals surface area contributed by atoms with Gasteiger partial charge in [0, 0.05) is 36.2 Å². The molecule has 0 unspecified atom stereocenters. The average Bonchev–Trinajstić information content (AvgIpc) is 2.61. The standard InChI is InChI=1S/C19H21BrN2O2/c20-17-8-6-16(7-9-17)19(23)21-12-18-14-22(10-11-24-18)13-15-4-2-1-3-5-15/h1-9,18H,10-14H2,(H,21,23)/t18-/m1/s1. The first kappa shape index (κ1) is 17.1. The van der Waals surface area contributed by atoms with Crippen LogP contribution in [0.25, 0.3) is 0 Å². The largest absolute Gasteiger partial charge is 0.374 e. The third kappa shape index (κ3) is 4.90. The number of amides is 1. The molecule has 1 atom stereocenters. The summed E-state index contributed by atoms with van der Waals surface area (Å²) in [5, 5.41) is 2.97. The fraction of sp³-hybridized carbons (Fsp3) is 0.316. The molecule has 0 bridgehead atoms. The molecule has 0 radical (unpaired) electrons. The number of morpholine rings is 1. The highest BCUT2D eigenvalue weighted by Crippen LogP contribution is 2.12. The number of hydrogen-bond acceptors (Lipinski definition) is 3. The van der Waals surface area contributed by atoms with Crippen molar-refractivity contribution in [3.63, 3.8) is 0 Å². The van der Waals surface area contributed by atoms with Gasteiger partial charge in [-0.15, -0.1) is 0 Å². The Kier molecular flexibility index (Phi) is 6.01. The predicted molar refractivity (Wildman–Crippen MR) is 97.9 cm³/mol. The number of benzene rings is 2. The SMILES string of the molecule is O=C(NC[C@@H]1CN(Cc2ccccc2)CCO1)c1ccc(Br)cc1. The molecule has 2 aromatic rings. The maximum absolute atomic E-state index is 12.2. The number of nitrogens with zero attached hydrogens (tertiary/aromatic N) is 1. The number of carbonyl (C=O) groups is 1. The third-order valence-electron chi connectivity index (χ3n) is 4.07. The minimum absolute atomic E-state index is 0.0295. The van der Waals surface area contributed by atoms with E-state index in [0.717, 1.165) is 24.1 Å². The number of hydrogen-bond donors (Lipinski definition) is 1. The fourth-order valence-corrected chi connectivity index (χ4v) is 3.06. The quantitative estimate of drug-likeness (QED) is 0.855. The predicted octanol–water partition coefficient (Wildman–Crippen LogP) is 3.08. The van der Waals surface area contributed by atoms with E-state index < -0.39 is 0 Å². The zero-order chi connectivity index (χ0) is 16.8. The molecule has 0 spiro atoms. The van der Waals surface area contributed by atoms with E-state index in [2.05, 4.69) is 50.4 Å². The topological polar surface area (TPSA) is 41.6 Å². The van der Waals surface area contributed by atoms with Crippen molar-refractivity contribution in [2.24, 2.45) is 0 Å². The number of carbonyl (C=O) groups excluding carboxylic acids is 1. The van der Waals surface area contributed by atoms with Crippen LogP contribution in [0.2, 0.25) is 0 Å². The zero-order valence-corrected chi connectivity index (χ0v) is 15.0. The van der Waals surface area contributed by atoms with Crippen molar-refractivity contribution in [1.29, 1.82) is 0 Å². The monoisotopic (exact) mass is 388 g/mol. The molecular weight excluding hydrogens is 368 g/mol. The second-order valence-corrected chi connectivity index (χ2v) is 6.85. The summed E-state index contributed by atoms with van der Waals surface area (Å²) >= 11 is 3.37. The van der Waals surface area contributed by atoms with Crippen LogP contribution in [-0.2, 0) is 11.3 Å². The molecule has 0 aliphatic carbocycles. The third-order valence-corrected chi connectivity index (χ3v) is 4.60. The molecule has 24 heavy (non-hydrogen) atoms. The Balaban J connectivity index is 1.48. The van der Waals surface area contributed by atoms with E-state index in [0.29, 0.717) is 18.7 Å². The van der Waals surface area contributed by atoms with Crippen LogP contribution >= 0.6 is 15.9 Å². The summed E-state index contributed by atoms with van der Waals surface area (Å²) in [5.41, 5.74) is 1.96. The molecule has 1 fully saturated rings. The molecule has 1 amide bonds. The van der Waals surface area contributed by atoms with Crippen LogP contribution in [0.1, 0.15) is 15.9 Å². The van der Waals surface area contributed by atoms with Gasteiger partial charge in [0.2, 0.25) is 0 Å². The second kappa shape index (κ2) is 8.42. The Morgan fingerprint density at radius 2 is 1.92 bits per heavy atom. The molecule has 5 heteroatoms. The molecule has 1 aliphatic rings. The first-order valence-corrected chi connectivity index (χ1v) is 8.91. The van der Waals surface area contributed by atoms with Crippen LogP contribution in [0, 0.1) is 0 Å². The first-order chi connectivity index (χ1) is 11.7. The molecule has 2 aromatic carbocycles. The van der Waals surface area contributed by atoms with E-state index in [4.69, 9.17) is 4.74 Å². The number of nitrogens with one attached hydrogen (secondary N) is 1. The summed E-state index contributed by atoms with van der Waals surface area (Å²) in [4.78, 5) is 14.5. The minimum Gasteiger partial charge on any atom is -0.374 e. The fourth-order valence-electron chi connectivity index (χ4n) is 2.80. The summed E-state index contributed by atoms with van der Waals surface area (Å²) in [5.74, 6) is -0.0636. The maximum Gasteiger partial charge on any atom is 0.251 e. The van der Waals surface area contributed by atoms with Gasteiger partial charge >= 0.3 is 0 Å². The van der Waals surface area contributed by atoms with Gasteiger partial charge in [-0.1, -0.05) is 46.3 Å². The number of halogens is 1. The first-order valence-electron chi connectivity index (χ1n) is 8.12. The van der Waals surface area contributed by atoms with Gasteiger partial charge in [0.25, 0.3) is 5.91 Å². The summed E-state index contributed by atoms with van der Waals surface area (Å²) in [6, 6.07) is 17.8. The lowest BCUT2D eigenvalue weighted by Gasteiger charge is -2.33. The Morgan fingerprint density at radius 1 is 1.17 bits per heavy atom. The van der Waals surface area contributed by atoms with Gasteiger partial charge in [0.15, 0.2) is 0 Å². The molecule has 1 aliphatic heterocycles. The molecule has 3 rings (SSSR count). The Bertz CT molecular complexity index is 661. The molecule has 0 aromatic heterocycles. The van der Waals surface area contributed by atoms with E-state index in [1.165, 1.54) is 5.56 Å². The molecular formula is C19H21BrN2O2. The minimum atomic E-state index is -0.0636. The highest BCUT2D eigenvalue weighted by Gasteiger charge is 2.21. The summed E-state index contributed by atoms with van der Waals surface area (Å²) in [6.07, 6.45) is 0.0295. The normalized spacial score (nSPS) is 18.3. The van der Waals surface area contributed by atoms with Crippen molar-refractivity contribution < 1.29 is 9.53 Å². The van der Waals surface area contributed by atoms with Gasteiger partial charge in [-0.2, -0.15) is 0 Å². The van der Waals surface area contributed by atoms with Gasteiger partial charge in [0.05, 0.1) is 12.7 Å². The lowest BCUT2D eigenvalue weighted by atomic mass is 10.2. The zero-order valence-electron chi connectivity index (χ0n) is 13.5. The molecule has 4 nitrogen and oxygen atoms in total. The summed E-state index contributed by atoms with van der Waals surface area (Å²) in [6.45, 7) is 3.90. The average molecular weight is 389 g/mol. The lowest BCUT2D eigenvalue weighted by molar-refractivity contribution is -0.0292. The van der Waals surface area contributed by atoms with Gasteiger partial charge in [-0.3, -0.25) is 9.69 Å². The van der Waals surface area contributed by atoms with E-state index in [1.807, 2.05) is 30.3 Å². The molecule has 1 N–H and O–H groups in total. The smallest absolute Gasteiger partial charge is 0.251 e. The van der Waals surface area contributed by atoms with Crippen molar-refractivity contribution in [3.05, 3.63) is 70.2 Å². The van der Waals surface area contributed by atoms with Crippen LogP contribution in [0.15, 0.2) is 59.1 Å². The van der Waals surface area contributed by atoms with Crippen LogP contribution in [0.5, 0.6) is 0 Å². The van der Waals surface area contributed by atoms with Crippen molar-refractivity contribution in [2.45, 2.75) is 12.6 Å². The number of rotatable bonds is 5. The van der Waals surface area contributed by atoms with Crippen molar-refractivity contribution in [3.8, 4) is 0 Å². The Morgan fingerprint density at radius 3 is 2.67 bits per heavy atom. The number of ether oxygens (including phenoxy) is 1. The van der Waals surface area contributed by atoms with Crippen LogP contribution in [-0.4, -0.2) is 43.2 Å². The van der Waals surface area contributed by atoms with Crippen molar-refractivity contribution in [2.75, 3.05) is 26.2 Å². The van der Waals surface area contributed by atoms with Gasteiger partial charge in [-0.25, -0.2) is 0 Å². The van der Waals surface area contributed by atoms with Crippen LogP contribution in [0.3, 0.4) is 0 Å². The maximum atomic E-state index is 12.2. The highest BCUT2D eigenvalue weighted by molar-refractivity contribution is 9.10. The Labute approximate surface area is 150 Å². The van der Waals surface area contributed by atoms with Crippen LogP contribution < -0.4 is 5.32 Å². The van der Waals surface area contributed by atoms with Gasteiger partial charge in [-0.05, 0) is 29.8 Å². The molecule has 126 valence electrons. The summed E-state index contributed by atoms with van der Waals surface area (Å²) in [7, 11) is 0. The highest BCUT2D eigenvalue weighted by atomic mass is 79.9. The van der Waals surface area contributed by atoms with Crippen LogP contribution in [0.4, 0.5) is 0 Å². The molecule has 1 saturated heterocycles. The van der Waals surface area contributed by atoms with Gasteiger partial charge in [0.1, 0.15) is 0 Å². The second-order valence-electron chi connectivity index (χ2n) is 5.93. The molecule has 0 saturated carbocycles. The van der Waals surface area contributed by atoms with E-state index in [1.54, 1.807) is 0 Å². The van der Waals surface area contributed by atoms with Gasteiger partial charge < -0.3 is 10.1 Å². The van der Waals surface area contributed by atoms with Crippen molar-refractivity contribution in [1.82, 2.24) is 10.2 Å². The van der Waals surface area contributed by atoms with E-state index >= 15 is 0 Å². The lowest BCUT2D eigenvalue weighted by Crippen LogP contribution is -2.47. The molecule has 1 heterocycles. The van der Waals surface area contributed by atoms with Crippen molar-refractivity contribution >= 4 is 21.8 Å². The van der Waals surface area contributed by atoms with E-state index in [9.17, 15) is 4.79 Å².